The lowest BCUT2D eigenvalue weighted by molar-refractivity contribution is -0.243. The molecule has 1 aromatic carbocycles. The van der Waals surface area contributed by atoms with Gasteiger partial charge < -0.3 is 5.11 Å². The highest BCUT2D eigenvalue weighted by atomic mass is 32.2. The van der Waals surface area contributed by atoms with Crippen molar-refractivity contribution in [2.45, 2.75) is 0 Å². The molecule has 0 fully saturated rings. The molecule has 0 aliphatic rings. The summed E-state index contributed by atoms with van der Waals surface area (Å²) >= 11 is 0. The fourth-order valence-corrected chi connectivity index (χ4v) is 1.46. The van der Waals surface area contributed by atoms with Crippen LogP contribution in [0.4, 0.5) is 4.39 Å². The standard InChI is InChI=1S/C10H11FOS/c1-13(2)7-10(12)8-3-5-9(11)6-4-8/h3-7H,1-2H3/b10-7-. The number of rotatable bonds is 2. The molecular formula is C10H11FOS. The Hall–Kier alpha value is -0.960. The quantitative estimate of drug-likeness (QED) is 0.520. The highest BCUT2D eigenvalue weighted by Gasteiger charge is 1.97. The SMILES string of the molecule is C[S+](C)/C=C(\[O-])c1ccc(F)cc1. The van der Waals surface area contributed by atoms with Gasteiger partial charge in [0.2, 0.25) is 0 Å². The fraction of sp³-hybridized carbons (Fsp3) is 0.200. The van der Waals surface area contributed by atoms with Crippen molar-refractivity contribution < 1.29 is 9.50 Å². The van der Waals surface area contributed by atoms with Gasteiger partial charge in [-0.2, -0.15) is 0 Å². The van der Waals surface area contributed by atoms with Crippen LogP contribution in [0.15, 0.2) is 29.7 Å². The Morgan fingerprint density at radius 3 is 2.31 bits per heavy atom. The zero-order valence-electron chi connectivity index (χ0n) is 7.58. The zero-order valence-corrected chi connectivity index (χ0v) is 8.40. The molecule has 0 heterocycles. The van der Waals surface area contributed by atoms with Crippen molar-refractivity contribution in [3.05, 3.63) is 41.1 Å². The average molecular weight is 198 g/mol. The van der Waals surface area contributed by atoms with Gasteiger partial charge in [0.05, 0.1) is 0 Å². The zero-order chi connectivity index (χ0) is 9.84. The van der Waals surface area contributed by atoms with E-state index in [0.717, 1.165) is 0 Å². The number of halogens is 1. The van der Waals surface area contributed by atoms with Crippen LogP contribution < -0.4 is 5.11 Å². The van der Waals surface area contributed by atoms with Crippen LogP contribution >= 0.6 is 0 Å². The summed E-state index contributed by atoms with van der Waals surface area (Å²) in [5.74, 6) is -0.350. The smallest absolute Gasteiger partial charge is 0.123 e. The van der Waals surface area contributed by atoms with E-state index in [0.29, 0.717) is 5.56 Å². The molecule has 0 aromatic heterocycles. The van der Waals surface area contributed by atoms with Crippen LogP contribution in [0.3, 0.4) is 0 Å². The van der Waals surface area contributed by atoms with E-state index in [9.17, 15) is 9.50 Å². The largest absolute Gasteiger partial charge is 0.869 e. The monoisotopic (exact) mass is 198 g/mol. The van der Waals surface area contributed by atoms with Gasteiger partial charge in [-0.3, -0.25) is 0 Å². The van der Waals surface area contributed by atoms with Gasteiger partial charge in [-0.05, 0) is 17.7 Å². The summed E-state index contributed by atoms with van der Waals surface area (Å²) < 4.78 is 12.5. The maximum Gasteiger partial charge on any atom is 0.123 e. The van der Waals surface area contributed by atoms with E-state index in [1.807, 2.05) is 12.5 Å². The Labute approximate surface area is 80.3 Å². The van der Waals surface area contributed by atoms with Crippen LogP contribution in [0.1, 0.15) is 5.56 Å². The van der Waals surface area contributed by atoms with E-state index in [1.54, 1.807) is 5.41 Å². The molecule has 70 valence electrons. The first-order valence-electron chi connectivity index (χ1n) is 3.81. The minimum absolute atomic E-state index is 0.0198. The van der Waals surface area contributed by atoms with E-state index in [4.69, 9.17) is 0 Å². The Bertz CT molecular complexity index is 303. The van der Waals surface area contributed by atoms with Crippen molar-refractivity contribution in [1.29, 1.82) is 0 Å². The molecule has 0 aliphatic heterocycles. The lowest BCUT2D eigenvalue weighted by Gasteiger charge is -2.09. The predicted octanol–water partition coefficient (Wildman–Crippen LogP) is 1.36. The maximum atomic E-state index is 12.5. The van der Waals surface area contributed by atoms with E-state index in [1.165, 1.54) is 24.3 Å². The summed E-state index contributed by atoms with van der Waals surface area (Å²) in [6.45, 7) is 0. The molecule has 0 radical (unpaired) electrons. The molecule has 1 nitrogen and oxygen atoms in total. The van der Waals surface area contributed by atoms with Crippen molar-refractivity contribution in [3.8, 4) is 0 Å². The molecule has 1 rings (SSSR count). The molecule has 0 bridgehead atoms. The minimum Gasteiger partial charge on any atom is -0.869 e. The molecule has 0 aliphatic carbocycles. The molecule has 1 aromatic rings. The van der Waals surface area contributed by atoms with Gasteiger partial charge >= 0.3 is 0 Å². The second kappa shape index (κ2) is 4.33. The van der Waals surface area contributed by atoms with E-state index in [-0.39, 0.29) is 22.5 Å². The van der Waals surface area contributed by atoms with Crippen LogP contribution in [0.2, 0.25) is 0 Å². The summed E-state index contributed by atoms with van der Waals surface area (Å²) in [5, 5.41) is 13.0. The van der Waals surface area contributed by atoms with Gasteiger partial charge in [-0.1, -0.05) is 17.9 Å². The first-order valence-corrected chi connectivity index (χ1v) is 5.91. The van der Waals surface area contributed by atoms with E-state index >= 15 is 0 Å². The summed E-state index contributed by atoms with van der Waals surface area (Å²) in [7, 11) is -0.0198. The lowest BCUT2D eigenvalue weighted by Crippen LogP contribution is -2.04. The van der Waals surface area contributed by atoms with Crippen LogP contribution in [-0.2, 0) is 10.9 Å². The highest BCUT2D eigenvalue weighted by Crippen LogP contribution is 2.10. The van der Waals surface area contributed by atoms with Gasteiger partial charge in [-0.15, -0.1) is 0 Å². The first kappa shape index (κ1) is 10.1. The normalized spacial score (nSPS) is 12.2. The summed E-state index contributed by atoms with van der Waals surface area (Å²) in [5.41, 5.74) is 0.544. The number of hydrogen-bond donors (Lipinski definition) is 0. The van der Waals surface area contributed by atoms with Crippen LogP contribution in [0.5, 0.6) is 0 Å². The third-order valence-electron chi connectivity index (χ3n) is 1.47. The van der Waals surface area contributed by atoms with Crippen molar-refractivity contribution in [2.24, 2.45) is 0 Å². The van der Waals surface area contributed by atoms with E-state index in [2.05, 4.69) is 0 Å². The Morgan fingerprint density at radius 1 is 1.31 bits per heavy atom. The molecule has 0 unspecified atom stereocenters. The topological polar surface area (TPSA) is 23.1 Å². The minimum atomic E-state index is -0.316. The van der Waals surface area contributed by atoms with Gasteiger partial charge in [0.1, 0.15) is 23.7 Å². The van der Waals surface area contributed by atoms with Gasteiger partial charge in [0.15, 0.2) is 0 Å². The summed E-state index contributed by atoms with van der Waals surface area (Å²) in [4.78, 5) is 0. The molecule has 0 amide bonds. The number of hydrogen-bond acceptors (Lipinski definition) is 1. The van der Waals surface area contributed by atoms with Crippen molar-refractivity contribution in [3.63, 3.8) is 0 Å². The van der Waals surface area contributed by atoms with Crippen LogP contribution in [-0.4, -0.2) is 12.5 Å². The second-order valence-corrected chi connectivity index (χ2v) is 4.86. The molecule has 0 saturated heterocycles. The second-order valence-electron chi connectivity index (χ2n) is 2.87. The third-order valence-corrected chi connectivity index (χ3v) is 2.16. The Morgan fingerprint density at radius 2 is 1.85 bits per heavy atom. The van der Waals surface area contributed by atoms with Crippen molar-refractivity contribution >= 4 is 16.7 Å². The highest BCUT2D eigenvalue weighted by molar-refractivity contribution is 7.98. The van der Waals surface area contributed by atoms with Gasteiger partial charge in [0, 0.05) is 10.9 Å². The van der Waals surface area contributed by atoms with Gasteiger partial charge in [0.25, 0.3) is 0 Å². The Kier molecular flexibility index (Phi) is 3.37. The van der Waals surface area contributed by atoms with Crippen LogP contribution in [0, 0.1) is 5.82 Å². The average Bonchev–Trinajstić information content (AvgIpc) is 2.04. The molecular weight excluding hydrogens is 187 g/mol. The molecule has 13 heavy (non-hydrogen) atoms. The molecule has 3 heteroatoms. The Balaban J connectivity index is 2.89. The van der Waals surface area contributed by atoms with E-state index < -0.39 is 0 Å². The molecule has 0 atom stereocenters. The third kappa shape index (κ3) is 3.11. The molecule has 0 spiro atoms. The lowest BCUT2D eigenvalue weighted by atomic mass is 10.2. The van der Waals surface area contributed by atoms with Crippen molar-refractivity contribution in [2.75, 3.05) is 12.5 Å². The molecule has 0 N–H and O–H groups in total. The van der Waals surface area contributed by atoms with Gasteiger partial charge in [-0.25, -0.2) is 4.39 Å². The first-order chi connectivity index (χ1) is 6.09. The fourth-order valence-electron chi connectivity index (χ4n) is 0.896. The summed E-state index contributed by atoms with van der Waals surface area (Å²) in [6.07, 6.45) is 3.92. The maximum absolute atomic E-state index is 12.5. The predicted molar refractivity (Wildman–Crippen MR) is 53.6 cm³/mol. The van der Waals surface area contributed by atoms with Crippen molar-refractivity contribution in [1.82, 2.24) is 0 Å². The summed E-state index contributed by atoms with van der Waals surface area (Å²) in [6, 6.07) is 5.59. The molecule has 0 saturated carbocycles. The number of benzene rings is 1. The van der Waals surface area contributed by atoms with Crippen LogP contribution in [0.25, 0.3) is 5.76 Å².